The zero-order valence-corrected chi connectivity index (χ0v) is 8.68. The van der Waals surface area contributed by atoms with Gasteiger partial charge in [-0.05, 0) is 20.3 Å². The van der Waals surface area contributed by atoms with Crippen LogP contribution in [-0.2, 0) is 4.74 Å². The van der Waals surface area contributed by atoms with Gasteiger partial charge in [0.1, 0.15) is 0 Å². The first kappa shape index (κ1) is 9.44. The fourth-order valence-corrected chi connectivity index (χ4v) is 2.53. The summed E-state index contributed by atoms with van der Waals surface area (Å²) in [5, 5.41) is 3.42. The third-order valence-electron chi connectivity index (χ3n) is 3.39. The maximum absolute atomic E-state index is 5.50. The first-order valence-corrected chi connectivity index (χ1v) is 5.28. The van der Waals surface area contributed by atoms with Crippen LogP contribution >= 0.6 is 0 Å². The minimum atomic E-state index is 0.307. The van der Waals surface area contributed by atoms with Crippen LogP contribution in [0.4, 0.5) is 0 Å². The summed E-state index contributed by atoms with van der Waals surface area (Å²) in [7, 11) is 0. The first-order valence-electron chi connectivity index (χ1n) is 5.28. The monoisotopic (exact) mass is 184 g/mol. The van der Waals surface area contributed by atoms with Gasteiger partial charge in [-0.1, -0.05) is 0 Å². The van der Waals surface area contributed by atoms with E-state index >= 15 is 0 Å². The predicted octanol–water partition coefficient (Wildman–Crippen LogP) is 0.459. The molecule has 2 fully saturated rings. The molecule has 2 saturated heterocycles. The standard InChI is InChI=1S/C10H20N2O/c1-9-7-11-4-5-12(9)10(2)3-6-13-8-10/h9,11H,3-8H2,1-2H3. The number of piperazine rings is 1. The zero-order valence-electron chi connectivity index (χ0n) is 8.68. The van der Waals surface area contributed by atoms with Gasteiger partial charge in [0.05, 0.1) is 6.61 Å². The molecule has 2 aliphatic heterocycles. The van der Waals surface area contributed by atoms with E-state index < -0.39 is 0 Å². The SMILES string of the molecule is CC1CNCCN1C1(C)CCOC1. The van der Waals surface area contributed by atoms with Gasteiger partial charge in [-0.3, -0.25) is 4.90 Å². The number of hydrogen-bond donors (Lipinski definition) is 1. The fraction of sp³-hybridized carbons (Fsp3) is 1.00. The van der Waals surface area contributed by atoms with Gasteiger partial charge in [0.25, 0.3) is 0 Å². The van der Waals surface area contributed by atoms with E-state index in [1.54, 1.807) is 0 Å². The maximum Gasteiger partial charge on any atom is 0.0648 e. The van der Waals surface area contributed by atoms with E-state index in [-0.39, 0.29) is 0 Å². The number of nitrogens with zero attached hydrogens (tertiary/aromatic N) is 1. The van der Waals surface area contributed by atoms with E-state index in [2.05, 4.69) is 24.1 Å². The zero-order chi connectivity index (χ0) is 9.31. The van der Waals surface area contributed by atoms with E-state index in [1.165, 1.54) is 13.0 Å². The van der Waals surface area contributed by atoms with Crippen molar-refractivity contribution in [1.82, 2.24) is 10.2 Å². The molecule has 0 aromatic carbocycles. The largest absolute Gasteiger partial charge is 0.379 e. The van der Waals surface area contributed by atoms with Crippen molar-refractivity contribution in [1.29, 1.82) is 0 Å². The molecule has 0 spiro atoms. The lowest BCUT2D eigenvalue weighted by Gasteiger charge is -2.44. The second kappa shape index (κ2) is 3.56. The molecular weight excluding hydrogens is 164 g/mol. The highest BCUT2D eigenvalue weighted by Crippen LogP contribution is 2.27. The fourth-order valence-electron chi connectivity index (χ4n) is 2.53. The molecule has 13 heavy (non-hydrogen) atoms. The van der Waals surface area contributed by atoms with Crippen LogP contribution in [0.5, 0.6) is 0 Å². The Kier molecular flexibility index (Phi) is 2.58. The third-order valence-corrected chi connectivity index (χ3v) is 3.39. The van der Waals surface area contributed by atoms with E-state index in [9.17, 15) is 0 Å². The highest BCUT2D eigenvalue weighted by molar-refractivity contribution is 4.94. The maximum atomic E-state index is 5.50. The van der Waals surface area contributed by atoms with Crippen molar-refractivity contribution in [2.45, 2.75) is 31.8 Å². The number of ether oxygens (including phenoxy) is 1. The van der Waals surface area contributed by atoms with Crippen LogP contribution in [-0.4, -0.2) is 49.3 Å². The summed E-state index contributed by atoms with van der Waals surface area (Å²) in [4.78, 5) is 2.61. The highest BCUT2D eigenvalue weighted by atomic mass is 16.5. The lowest BCUT2D eigenvalue weighted by atomic mass is 9.96. The van der Waals surface area contributed by atoms with E-state index in [0.717, 1.165) is 26.3 Å². The number of nitrogens with one attached hydrogen (secondary N) is 1. The molecule has 0 aromatic heterocycles. The van der Waals surface area contributed by atoms with Crippen molar-refractivity contribution in [3.05, 3.63) is 0 Å². The van der Waals surface area contributed by atoms with Crippen molar-refractivity contribution in [2.75, 3.05) is 32.8 Å². The minimum Gasteiger partial charge on any atom is -0.379 e. The quantitative estimate of drug-likeness (QED) is 0.641. The Morgan fingerprint density at radius 1 is 1.54 bits per heavy atom. The Morgan fingerprint density at radius 2 is 2.38 bits per heavy atom. The summed E-state index contributed by atoms with van der Waals surface area (Å²) in [5.41, 5.74) is 0.307. The predicted molar refractivity (Wildman–Crippen MR) is 52.9 cm³/mol. The Labute approximate surface area is 80.4 Å². The van der Waals surface area contributed by atoms with Crippen molar-refractivity contribution in [2.24, 2.45) is 0 Å². The molecule has 2 rings (SSSR count). The molecule has 1 N–H and O–H groups in total. The highest BCUT2D eigenvalue weighted by Gasteiger charge is 2.39. The van der Waals surface area contributed by atoms with Crippen LogP contribution in [0.2, 0.25) is 0 Å². The van der Waals surface area contributed by atoms with Gasteiger partial charge < -0.3 is 10.1 Å². The van der Waals surface area contributed by atoms with Gasteiger partial charge >= 0.3 is 0 Å². The molecule has 2 unspecified atom stereocenters. The number of rotatable bonds is 1. The first-order chi connectivity index (χ1) is 6.22. The molecule has 0 aromatic rings. The second-order valence-corrected chi connectivity index (χ2v) is 4.55. The molecule has 2 aliphatic rings. The van der Waals surface area contributed by atoms with Crippen LogP contribution in [0.1, 0.15) is 20.3 Å². The average molecular weight is 184 g/mol. The van der Waals surface area contributed by atoms with Crippen molar-refractivity contribution < 1.29 is 4.74 Å². The van der Waals surface area contributed by atoms with Crippen LogP contribution in [0, 0.1) is 0 Å². The summed E-state index contributed by atoms with van der Waals surface area (Å²) < 4.78 is 5.50. The summed E-state index contributed by atoms with van der Waals surface area (Å²) >= 11 is 0. The Morgan fingerprint density at radius 3 is 3.00 bits per heavy atom. The summed E-state index contributed by atoms with van der Waals surface area (Å²) in [5.74, 6) is 0. The third kappa shape index (κ3) is 1.73. The lowest BCUT2D eigenvalue weighted by Crippen LogP contribution is -2.59. The minimum absolute atomic E-state index is 0.307. The lowest BCUT2D eigenvalue weighted by molar-refractivity contribution is 0.0341. The van der Waals surface area contributed by atoms with Gasteiger partial charge in [-0.15, -0.1) is 0 Å². The smallest absolute Gasteiger partial charge is 0.0648 e. The normalized spacial score (nSPS) is 42.5. The molecule has 0 radical (unpaired) electrons. The summed E-state index contributed by atoms with van der Waals surface area (Å²) in [6.07, 6.45) is 1.19. The molecule has 3 nitrogen and oxygen atoms in total. The van der Waals surface area contributed by atoms with Crippen LogP contribution < -0.4 is 5.32 Å². The van der Waals surface area contributed by atoms with Gasteiger partial charge in [-0.25, -0.2) is 0 Å². The van der Waals surface area contributed by atoms with Crippen LogP contribution in [0.3, 0.4) is 0 Å². The molecule has 0 amide bonds. The van der Waals surface area contributed by atoms with E-state index in [4.69, 9.17) is 4.74 Å². The van der Waals surface area contributed by atoms with Crippen molar-refractivity contribution in [3.63, 3.8) is 0 Å². The Bertz CT molecular complexity index is 178. The van der Waals surface area contributed by atoms with Gasteiger partial charge in [-0.2, -0.15) is 0 Å². The van der Waals surface area contributed by atoms with Crippen molar-refractivity contribution >= 4 is 0 Å². The molecule has 76 valence electrons. The van der Waals surface area contributed by atoms with E-state index in [1.807, 2.05) is 0 Å². The average Bonchev–Trinajstić information content (AvgIpc) is 2.54. The van der Waals surface area contributed by atoms with E-state index in [0.29, 0.717) is 11.6 Å². The molecule has 0 saturated carbocycles. The van der Waals surface area contributed by atoms with Gasteiger partial charge in [0, 0.05) is 37.8 Å². The Hall–Kier alpha value is -0.120. The molecule has 2 atom stereocenters. The topological polar surface area (TPSA) is 24.5 Å². The van der Waals surface area contributed by atoms with Crippen LogP contribution in [0.25, 0.3) is 0 Å². The Balaban J connectivity index is 2.04. The molecular formula is C10H20N2O. The van der Waals surface area contributed by atoms with Crippen molar-refractivity contribution in [3.8, 4) is 0 Å². The second-order valence-electron chi connectivity index (χ2n) is 4.55. The molecule has 3 heteroatoms. The number of hydrogen-bond acceptors (Lipinski definition) is 3. The van der Waals surface area contributed by atoms with Gasteiger partial charge in [0.2, 0.25) is 0 Å². The molecule has 2 heterocycles. The molecule has 0 bridgehead atoms. The molecule has 0 aliphatic carbocycles. The van der Waals surface area contributed by atoms with Gasteiger partial charge in [0.15, 0.2) is 0 Å². The summed E-state index contributed by atoms with van der Waals surface area (Å²) in [6.45, 7) is 9.90. The summed E-state index contributed by atoms with van der Waals surface area (Å²) in [6, 6.07) is 0.653. The van der Waals surface area contributed by atoms with Crippen LogP contribution in [0.15, 0.2) is 0 Å².